The summed E-state index contributed by atoms with van der Waals surface area (Å²) in [6, 6.07) is 0. The Morgan fingerprint density at radius 1 is 1.36 bits per heavy atom. The number of β-amino-alcohol motifs (C(OH)–C–C–N with tert-alkyl or cyclic N) is 1. The predicted molar refractivity (Wildman–Crippen MR) is 46.6 cm³/mol. The monoisotopic (exact) mass is 157 g/mol. The number of likely N-dealkylation sites (tertiary alicyclic amines) is 1. The number of aliphatic hydroxyl groups excluding tert-OH is 1. The van der Waals surface area contributed by atoms with Gasteiger partial charge in [0.05, 0.1) is 6.10 Å². The summed E-state index contributed by atoms with van der Waals surface area (Å²) in [6.07, 6.45) is 2.02. The third-order valence-electron chi connectivity index (χ3n) is 2.35. The molecule has 2 heteroatoms. The van der Waals surface area contributed by atoms with Crippen LogP contribution in [-0.4, -0.2) is 34.7 Å². The summed E-state index contributed by atoms with van der Waals surface area (Å²) < 4.78 is 0. The van der Waals surface area contributed by atoms with E-state index in [4.69, 9.17) is 0 Å². The fourth-order valence-electron chi connectivity index (χ4n) is 1.56. The van der Waals surface area contributed by atoms with Gasteiger partial charge in [0, 0.05) is 12.1 Å². The maximum absolute atomic E-state index is 9.40. The van der Waals surface area contributed by atoms with Crippen molar-refractivity contribution in [1.82, 2.24) is 4.90 Å². The van der Waals surface area contributed by atoms with Crippen molar-refractivity contribution in [3.63, 3.8) is 0 Å². The van der Waals surface area contributed by atoms with Crippen LogP contribution in [0.2, 0.25) is 0 Å². The van der Waals surface area contributed by atoms with Crippen LogP contribution >= 0.6 is 0 Å². The Labute approximate surface area is 69.2 Å². The molecule has 1 atom stereocenters. The molecule has 0 bridgehead atoms. The number of aliphatic hydroxyl groups is 1. The van der Waals surface area contributed by atoms with Gasteiger partial charge < -0.3 is 5.11 Å². The average molecular weight is 157 g/mol. The van der Waals surface area contributed by atoms with E-state index in [2.05, 4.69) is 25.7 Å². The number of nitrogens with zero attached hydrogens (tertiary/aromatic N) is 1. The van der Waals surface area contributed by atoms with Crippen LogP contribution in [0.15, 0.2) is 0 Å². The SMILES string of the molecule is CC(C)(C)N1CCC[C@H](O)C1. The molecule has 1 aliphatic heterocycles. The third-order valence-corrected chi connectivity index (χ3v) is 2.35. The smallest absolute Gasteiger partial charge is 0.0667 e. The van der Waals surface area contributed by atoms with Crippen LogP contribution in [0.25, 0.3) is 0 Å². The van der Waals surface area contributed by atoms with Gasteiger partial charge in [-0.15, -0.1) is 0 Å². The highest BCUT2D eigenvalue weighted by Crippen LogP contribution is 2.19. The zero-order chi connectivity index (χ0) is 8.48. The van der Waals surface area contributed by atoms with E-state index in [0.29, 0.717) is 0 Å². The maximum atomic E-state index is 9.40. The lowest BCUT2D eigenvalue weighted by atomic mass is 10.00. The molecule has 0 saturated carbocycles. The van der Waals surface area contributed by atoms with Gasteiger partial charge in [-0.3, -0.25) is 4.90 Å². The minimum absolute atomic E-state index is 0.0945. The first-order chi connectivity index (χ1) is 5.00. The van der Waals surface area contributed by atoms with Crippen LogP contribution in [0.4, 0.5) is 0 Å². The van der Waals surface area contributed by atoms with Gasteiger partial charge in [0.2, 0.25) is 0 Å². The largest absolute Gasteiger partial charge is 0.392 e. The van der Waals surface area contributed by atoms with Crippen molar-refractivity contribution in [3.8, 4) is 0 Å². The molecule has 0 amide bonds. The number of rotatable bonds is 0. The Bertz CT molecular complexity index is 128. The second-order valence-corrected chi connectivity index (χ2v) is 4.41. The molecule has 1 saturated heterocycles. The summed E-state index contributed by atoms with van der Waals surface area (Å²) >= 11 is 0. The lowest BCUT2D eigenvalue weighted by Gasteiger charge is -2.40. The topological polar surface area (TPSA) is 23.5 Å². The van der Waals surface area contributed by atoms with Crippen molar-refractivity contribution < 1.29 is 5.11 Å². The molecule has 66 valence electrons. The molecule has 1 rings (SSSR count). The summed E-state index contributed by atoms with van der Waals surface area (Å²) in [6.45, 7) is 8.59. The van der Waals surface area contributed by atoms with Crippen molar-refractivity contribution >= 4 is 0 Å². The Morgan fingerprint density at radius 2 is 2.00 bits per heavy atom. The molecule has 11 heavy (non-hydrogen) atoms. The zero-order valence-electron chi connectivity index (χ0n) is 7.80. The van der Waals surface area contributed by atoms with E-state index in [1.165, 1.54) is 0 Å². The molecule has 1 heterocycles. The predicted octanol–water partition coefficient (Wildman–Crippen LogP) is 1.24. The normalized spacial score (nSPS) is 28.9. The van der Waals surface area contributed by atoms with Crippen molar-refractivity contribution in [1.29, 1.82) is 0 Å². The van der Waals surface area contributed by atoms with Crippen LogP contribution in [0, 0.1) is 0 Å². The lowest BCUT2D eigenvalue weighted by molar-refractivity contribution is 0.0224. The van der Waals surface area contributed by atoms with E-state index in [-0.39, 0.29) is 11.6 Å². The van der Waals surface area contributed by atoms with Crippen LogP contribution in [0.5, 0.6) is 0 Å². The Balaban J connectivity index is 2.46. The van der Waals surface area contributed by atoms with E-state index in [1.807, 2.05) is 0 Å². The second kappa shape index (κ2) is 3.11. The number of hydrogen-bond acceptors (Lipinski definition) is 2. The minimum Gasteiger partial charge on any atom is -0.392 e. The van der Waals surface area contributed by atoms with Crippen molar-refractivity contribution in [2.45, 2.75) is 45.3 Å². The molecule has 0 aromatic carbocycles. The molecular formula is C9H19NO. The summed E-state index contributed by atoms with van der Waals surface area (Å²) in [7, 11) is 0. The summed E-state index contributed by atoms with van der Waals surface area (Å²) in [5.74, 6) is 0. The summed E-state index contributed by atoms with van der Waals surface area (Å²) in [5, 5.41) is 9.40. The molecule has 1 fully saturated rings. The molecule has 0 aliphatic carbocycles. The molecular weight excluding hydrogens is 138 g/mol. The van der Waals surface area contributed by atoms with E-state index in [0.717, 1.165) is 25.9 Å². The Morgan fingerprint density at radius 3 is 2.36 bits per heavy atom. The lowest BCUT2D eigenvalue weighted by Crippen LogP contribution is -2.48. The van der Waals surface area contributed by atoms with Gasteiger partial charge in [-0.1, -0.05) is 0 Å². The second-order valence-electron chi connectivity index (χ2n) is 4.41. The molecule has 1 aliphatic rings. The van der Waals surface area contributed by atoms with Gasteiger partial charge in [0.25, 0.3) is 0 Å². The van der Waals surface area contributed by atoms with E-state index >= 15 is 0 Å². The molecule has 0 aromatic heterocycles. The van der Waals surface area contributed by atoms with Crippen molar-refractivity contribution in [3.05, 3.63) is 0 Å². The van der Waals surface area contributed by atoms with Crippen LogP contribution in [-0.2, 0) is 0 Å². The summed E-state index contributed by atoms with van der Waals surface area (Å²) in [5.41, 5.74) is 0.224. The van der Waals surface area contributed by atoms with Gasteiger partial charge in [-0.2, -0.15) is 0 Å². The van der Waals surface area contributed by atoms with Gasteiger partial charge in [-0.05, 0) is 40.2 Å². The quantitative estimate of drug-likeness (QED) is 0.572. The fraction of sp³-hybridized carbons (Fsp3) is 1.00. The van der Waals surface area contributed by atoms with Gasteiger partial charge in [-0.25, -0.2) is 0 Å². The standard InChI is InChI=1S/C9H19NO/c1-9(2,3)10-6-4-5-8(11)7-10/h8,11H,4-7H2,1-3H3/t8-/m0/s1. The van der Waals surface area contributed by atoms with Crippen LogP contribution < -0.4 is 0 Å². The first-order valence-corrected chi connectivity index (χ1v) is 4.43. The maximum Gasteiger partial charge on any atom is 0.0667 e. The van der Waals surface area contributed by atoms with E-state index in [1.54, 1.807) is 0 Å². The Hall–Kier alpha value is -0.0800. The van der Waals surface area contributed by atoms with Gasteiger partial charge >= 0.3 is 0 Å². The summed E-state index contributed by atoms with van der Waals surface area (Å²) in [4.78, 5) is 2.35. The van der Waals surface area contributed by atoms with Crippen molar-refractivity contribution in [2.24, 2.45) is 0 Å². The van der Waals surface area contributed by atoms with Crippen LogP contribution in [0.1, 0.15) is 33.6 Å². The number of hydrogen-bond donors (Lipinski definition) is 1. The highest BCUT2D eigenvalue weighted by atomic mass is 16.3. The molecule has 0 unspecified atom stereocenters. The first kappa shape index (κ1) is 9.01. The van der Waals surface area contributed by atoms with Gasteiger partial charge in [0.15, 0.2) is 0 Å². The zero-order valence-corrected chi connectivity index (χ0v) is 7.80. The van der Waals surface area contributed by atoms with Crippen molar-refractivity contribution in [2.75, 3.05) is 13.1 Å². The molecule has 1 N–H and O–H groups in total. The average Bonchev–Trinajstić information content (AvgIpc) is 1.86. The highest BCUT2D eigenvalue weighted by Gasteiger charge is 2.26. The Kier molecular flexibility index (Phi) is 2.55. The highest BCUT2D eigenvalue weighted by molar-refractivity contribution is 4.81. The van der Waals surface area contributed by atoms with Crippen LogP contribution in [0.3, 0.4) is 0 Å². The molecule has 0 spiro atoms. The molecule has 2 nitrogen and oxygen atoms in total. The molecule has 0 radical (unpaired) electrons. The molecule has 0 aromatic rings. The van der Waals surface area contributed by atoms with E-state index in [9.17, 15) is 5.11 Å². The minimum atomic E-state index is -0.0945. The fourth-order valence-corrected chi connectivity index (χ4v) is 1.56. The first-order valence-electron chi connectivity index (χ1n) is 4.43. The van der Waals surface area contributed by atoms with Gasteiger partial charge in [0.1, 0.15) is 0 Å². The van der Waals surface area contributed by atoms with E-state index < -0.39 is 0 Å². The third kappa shape index (κ3) is 2.46. The number of piperidine rings is 1.